The van der Waals surface area contributed by atoms with Crippen molar-refractivity contribution in [2.24, 2.45) is 0 Å². The first kappa shape index (κ1) is 14.0. The summed E-state index contributed by atoms with van der Waals surface area (Å²) in [4.78, 5) is 10.9. The molecule has 0 fully saturated rings. The van der Waals surface area contributed by atoms with Crippen LogP contribution in [-0.4, -0.2) is 29.4 Å². The van der Waals surface area contributed by atoms with Crippen LogP contribution in [-0.2, 0) is 0 Å². The molecule has 0 atom stereocenters. The van der Waals surface area contributed by atoms with E-state index in [0.717, 1.165) is 23.7 Å². The average molecular weight is 303 g/mol. The van der Waals surface area contributed by atoms with Gasteiger partial charge < -0.3 is 14.9 Å². The van der Waals surface area contributed by atoms with Gasteiger partial charge in [-0.1, -0.05) is 15.9 Å². The van der Waals surface area contributed by atoms with Crippen LogP contribution in [0.2, 0.25) is 0 Å². The highest BCUT2D eigenvalue weighted by molar-refractivity contribution is 9.10. The maximum atomic E-state index is 10.9. The van der Waals surface area contributed by atoms with Crippen molar-refractivity contribution in [1.29, 1.82) is 0 Å². The highest BCUT2D eigenvalue weighted by atomic mass is 79.9. The van der Waals surface area contributed by atoms with Crippen LogP contribution in [0.25, 0.3) is 0 Å². The number of carboxylic acid groups (broad SMARTS) is 1. The van der Waals surface area contributed by atoms with Gasteiger partial charge in [0, 0.05) is 11.1 Å². The number of hydrogen-bond donors (Lipinski definition) is 2. The zero-order valence-corrected chi connectivity index (χ0v) is 10.9. The smallest absolute Gasteiger partial charge is 0.339 e. The first-order valence-corrected chi connectivity index (χ1v) is 6.21. The highest BCUT2D eigenvalue weighted by Gasteiger charge is 2.11. The number of carbonyl (C=O) groups is 1. The van der Waals surface area contributed by atoms with E-state index >= 15 is 0 Å². The van der Waals surface area contributed by atoms with E-state index in [-0.39, 0.29) is 12.2 Å². The Morgan fingerprint density at radius 1 is 1.29 bits per heavy atom. The summed E-state index contributed by atoms with van der Waals surface area (Å²) < 4.78 is 6.22. The third-order valence-electron chi connectivity index (χ3n) is 2.23. The second kappa shape index (κ2) is 7.29. The number of aromatic carboxylic acids is 1. The maximum absolute atomic E-state index is 10.9. The van der Waals surface area contributed by atoms with E-state index in [1.807, 2.05) is 0 Å². The molecule has 0 bridgehead atoms. The Bertz CT molecular complexity index is 379. The molecule has 5 heteroatoms. The molecule has 17 heavy (non-hydrogen) atoms. The summed E-state index contributed by atoms with van der Waals surface area (Å²) in [5, 5.41) is 17.6. The van der Waals surface area contributed by atoms with Gasteiger partial charge in [0.15, 0.2) is 0 Å². The lowest BCUT2D eigenvalue weighted by molar-refractivity contribution is 0.0692. The molecule has 0 saturated heterocycles. The van der Waals surface area contributed by atoms with Crippen molar-refractivity contribution in [1.82, 2.24) is 0 Å². The molecule has 1 aromatic rings. The Morgan fingerprint density at radius 3 is 2.71 bits per heavy atom. The number of halogens is 1. The minimum absolute atomic E-state index is 0.162. The third-order valence-corrected chi connectivity index (χ3v) is 2.73. The summed E-state index contributed by atoms with van der Waals surface area (Å²) in [5.74, 6) is -0.626. The van der Waals surface area contributed by atoms with Gasteiger partial charge in [-0.05, 0) is 37.5 Å². The van der Waals surface area contributed by atoms with E-state index in [4.69, 9.17) is 14.9 Å². The Kier molecular flexibility index (Phi) is 6.00. The second-order valence-corrected chi connectivity index (χ2v) is 4.49. The lowest BCUT2D eigenvalue weighted by Gasteiger charge is -2.09. The van der Waals surface area contributed by atoms with E-state index in [1.165, 1.54) is 6.07 Å². The van der Waals surface area contributed by atoms with E-state index < -0.39 is 5.97 Å². The summed E-state index contributed by atoms with van der Waals surface area (Å²) in [6.07, 6.45) is 2.41. The van der Waals surface area contributed by atoms with E-state index in [0.29, 0.717) is 12.4 Å². The molecule has 0 aromatic heterocycles. The number of unbranched alkanes of at least 4 members (excludes halogenated alkanes) is 2. The number of carboxylic acids is 1. The zero-order valence-electron chi connectivity index (χ0n) is 9.36. The van der Waals surface area contributed by atoms with E-state index in [2.05, 4.69) is 15.9 Å². The molecule has 0 amide bonds. The molecule has 1 rings (SSSR count). The number of aliphatic hydroxyl groups is 1. The minimum Gasteiger partial charge on any atom is -0.493 e. The van der Waals surface area contributed by atoms with Crippen molar-refractivity contribution in [3.05, 3.63) is 28.2 Å². The van der Waals surface area contributed by atoms with Crippen LogP contribution in [0.3, 0.4) is 0 Å². The quantitative estimate of drug-likeness (QED) is 0.760. The van der Waals surface area contributed by atoms with Gasteiger partial charge in [-0.2, -0.15) is 0 Å². The van der Waals surface area contributed by atoms with Crippen LogP contribution in [0.15, 0.2) is 22.7 Å². The number of aliphatic hydroxyl groups excluding tert-OH is 1. The molecule has 1 aromatic carbocycles. The Balaban J connectivity index is 2.56. The van der Waals surface area contributed by atoms with Gasteiger partial charge in [0.05, 0.1) is 6.61 Å². The molecule has 0 aliphatic heterocycles. The van der Waals surface area contributed by atoms with Crippen LogP contribution >= 0.6 is 15.9 Å². The summed E-state index contributed by atoms with van der Waals surface area (Å²) in [7, 11) is 0. The number of hydrogen-bond acceptors (Lipinski definition) is 3. The van der Waals surface area contributed by atoms with Gasteiger partial charge in [-0.15, -0.1) is 0 Å². The predicted octanol–water partition coefficient (Wildman–Crippen LogP) is 2.69. The number of benzene rings is 1. The topological polar surface area (TPSA) is 66.8 Å². The molecule has 4 nitrogen and oxygen atoms in total. The second-order valence-electron chi connectivity index (χ2n) is 3.58. The first-order valence-electron chi connectivity index (χ1n) is 5.41. The van der Waals surface area contributed by atoms with E-state index in [9.17, 15) is 4.79 Å². The molecule has 0 aliphatic carbocycles. The molecule has 2 N–H and O–H groups in total. The van der Waals surface area contributed by atoms with Crippen molar-refractivity contribution >= 4 is 21.9 Å². The van der Waals surface area contributed by atoms with Crippen molar-refractivity contribution in [3.8, 4) is 5.75 Å². The number of rotatable bonds is 7. The van der Waals surface area contributed by atoms with Gasteiger partial charge in [-0.3, -0.25) is 0 Å². The normalized spacial score (nSPS) is 10.2. The van der Waals surface area contributed by atoms with Gasteiger partial charge in [0.2, 0.25) is 0 Å². The Morgan fingerprint density at radius 2 is 2.06 bits per heavy atom. The van der Waals surface area contributed by atoms with Crippen LogP contribution in [0.1, 0.15) is 29.6 Å². The van der Waals surface area contributed by atoms with Crippen LogP contribution in [0.5, 0.6) is 5.75 Å². The molecule has 94 valence electrons. The molecule has 0 radical (unpaired) electrons. The fourth-order valence-electron chi connectivity index (χ4n) is 1.37. The van der Waals surface area contributed by atoms with Gasteiger partial charge >= 0.3 is 5.97 Å². The van der Waals surface area contributed by atoms with Crippen molar-refractivity contribution in [2.45, 2.75) is 19.3 Å². The maximum Gasteiger partial charge on any atom is 0.339 e. The third kappa shape index (κ3) is 4.75. The summed E-state index contributed by atoms with van der Waals surface area (Å²) in [6, 6.07) is 4.83. The van der Waals surface area contributed by atoms with Crippen LogP contribution in [0.4, 0.5) is 0 Å². The van der Waals surface area contributed by atoms with E-state index in [1.54, 1.807) is 12.1 Å². The fourth-order valence-corrected chi connectivity index (χ4v) is 1.71. The molecule has 0 unspecified atom stereocenters. The summed E-state index contributed by atoms with van der Waals surface area (Å²) >= 11 is 3.27. The fraction of sp³-hybridized carbons (Fsp3) is 0.417. The number of ether oxygens (including phenoxy) is 1. The van der Waals surface area contributed by atoms with Crippen molar-refractivity contribution in [3.63, 3.8) is 0 Å². The highest BCUT2D eigenvalue weighted by Crippen LogP contribution is 2.24. The molecule has 0 saturated carbocycles. The Labute approximate surface area is 108 Å². The summed E-state index contributed by atoms with van der Waals surface area (Å²) in [6.45, 7) is 0.633. The lowest BCUT2D eigenvalue weighted by Crippen LogP contribution is -2.04. The molecular formula is C12H15BrO4. The zero-order chi connectivity index (χ0) is 12.7. The molecule has 0 heterocycles. The average Bonchev–Trinajstić information content (AvgIpc) is 2.28. The van der Waals surface area contributed by atoms with Gasteiger partial charge in [-0.25, -0.2) is 4.79 Å². The van der Waals surface area contributed by atoms with Gasteiger partial charge in [0.25, 0.3) is 0 Å². The SMILES string of the molecule is O=C(O)c1ccc(Br)cc1OCCCCCO. The summed E-state index contributed by atoms with van der Waals surface area (Å²) in [5.41, 5.74) is 0.162. The minimum atomic E-state index is -0.997. The van der Waals surface area contributed by atoms with Crippen molar-refractivity contribution < 1.29 is 19.7 Å². The van der Waals surface area contributed by atoms with Crippen LogP contribution in [0, 0.1) is 0 Å². The monoisotopic (exact) mass is 302 g/mol. The predicted molar refractivity (Wildman–Crippen MR) is 67.5 cm³/mol. The molecule has 0 aliphatic rings. The largest absolute Gasteiger partial charge is 0.493 e. The van der Waals surface area contributed by atoms with Crippen molar-refractivity contribution in [2.75, 3.05) is 13.2 Å². The molecular weight excluding hydrogens is 288 g/mol. The standard InChI is InChI=1S/C12H15BrO4/c13-9-4-5-10(12(15)16)11(8-9)17-7-3-1-2-6-14/h4-5,8,14H,1-3,6-7H2,(H,15,16). The lowest BCUT2D eigenvalue weighted by atomic mass is 10.2. The van der Waals surface area contributed by atoms with Gasteiger partial charge in [0.1, 0.15) is 11.3 Å². The first-order chi connectivity index (χ1) is 8.15. The molecule has 0 spiro atoms. The van der Waals surface area contributed by atoms with Crippen LogP contribution < -0.4 is 4.74 Å². The Hall–Kier alpha value is -1.07.